The van der Waals surface area contributed by atoms with Gasteiger partial charge in [-0.3, -0.25) is 4.79 Å². The van der Waals surface area contributed by atoms with Crippen molar-refractivity contribution in [1.82, 2.24) is 14.8 Å². The molecule has 0 unspecified atom stereocenters. The molecule has 2 rings (SSSR count). The number of rotatable bonds is 4. The van der Waals surface area contributed by atoms with Crippen LogP contribution in [0.4, 0.5) is 0 Å². The molecule has 1 N–H and O–H groups in total. The maximum Gasteiger partial charge on any atom is 0.307 e. The van der Waals surface area contributed by atoms with Crippen LogP contribution >= 0.6 is 0 Å². The zero-order valence-corrected chi connectivity index (χ0v) is 9.20. The minimum absolute atomic E-state index is 0.0360. The van der Waals surface area contributed by atoms with Crippen molar-refractivity contribution in [2.24, 2.45) is 0 Å². The minimum atomic E-state index is -0.875. The highest BCUT2D eigenvalue weighted by Crippen LogP contribution is 2.23. The first-order valence-electron chi connectivity index (χ1n) is 4.94. The second-order valence-electron chi connectivity index (χ2n) is 3.42. The van der Waals surface area contributed by atoms with Crippen molar-refractivity contribution >= 4 is 5.97 Å². The number of methoxy groups -OCH3 is 1. The van der Waals surface area contributed by atoms with Gasteiger partial charge in [-0.2, -0.15) is 5.10 Å². The molecule has 6 nitrogen and oxygen atoms in total. The van der Waals surface area contributed by atoms with Crippen LogP contribution in [0.3, 0.4) is 0 Å². The number of ether oxygens (including phenoxy) is 1. The zero-order valence-electron chi connectivity index (χ0n) is 9.20. The van der Waals surface area contributed by atoms with Crippen molar-refractivity contribution < 1.29 is 14.6 Å². The Bertz CT molecular complexity index is 523. The molecule has 0 saturated carbocycles. The molecule has 1 aromatic heterocycles. The van der Waals surface area contributed by atoms with Gasteiger partial charge >= 0.3 is 5.97 Å². The second-order valence-corrected chi connectivity index (χ2v) is 3.42. The van der Waals surface area contributed by atoms with E-state index in [-0.39, 0.29) is 6.42 Å². The summed E-state index contributed by atoms with van der Waals surface area (Å²) in [6.45, 7) is 0. The normalized spacial score (nSPS) is 10.2. The largest absolute Gasteiger partial charge is 0.494 e. The van der Waals surface area contributed by atoms with Crippen molar-refractivity contribution in [2.45, 2.75) is 6.42 Å². The van der Waals surface area contributed by atoms with Crippen LogP contribution in [-0.2, 0) is 11.2 Å². The van der Waals surface area contributed by atoms with Gasteiger partial charge in [-0.15, -0.1) is 0 Å². The molecule has 0 aliphatic rings. The van der Waals surface area contributed by atoms with Gasteiger partial charge in [-0.25, -0.2) is 9.67 Å². The number of hydrogen-bond donors (Lipinski definition) is 1. The Labute approximate surface area is 97.5 Å². The quantitative estimate of drug-likeness (QED) is 0.849. The summed E-state index contributed by atoms with van der Waals surface area (Å²) in [6.07, 6.45) is 2.90. The van der Waals surface area contributed by atoms with Crippen molar-refractivity contribution in [3.05, 3.63) is 36.4 Å². The monoisotopic (exact) mass is 233 g/mol. The fourth-order valence-electron chi connectivity index (χ4n) is 1.53. The third kappa shape index (κ3) is 2.41. The standard InChI is InChI=1S/C11H11N3O3/c1-17-10-3-2-8(5-11(15)16)4-9(10)14-7-12-6-13-14/h2-4,6-7H,5H2,1H3,(H,15,16). The molecule has 88 valence electrons. The van der Waals surface area contributed by atoms with Gasteiger partial charge in [0.1, 0.15) is 24.1 Å². The fourth-order valence-corrected chi connectivity index (χ4v) is 1.53. The molecule has 17 heavy (non-hydrogen) atoms. The van der Waals surface area contributed by atoms with Crippen molar-refractivity contribution in [3.8, 4) is 11.4 Å². The van der Waals surface area contributed by atoms with Crippen LogP contribution in [0.2, 0.25) is 0 Å². The lowest BCUT2D eigenvalue weighted by molar-refractivity contribution is -0.136. The Kier molecular flexibility index (Phi) is 3.04. The maximum absolute atomic E-state index is 10.7. The Balaban J connectivity index is 2.43. The van der Waals surface area contributed by atoms with E-state index in [0.29, 0.717) is 17.0 Å². The number of aliphatic carboxylic acids is 1. The number of hydrogen-bond acceptors (Lipinski definition) is 4. The summed E-state index contributed by atoms with van der Waals surface area (Å²) in [7, 11) is 1.55. The van der Waals surface area contributed by atoms with Gasteiger partial charge in [0.25, 0.3) is 0 Å². The SMILES string of the molecule is COc1ccc(CC(=O)O)cc1-n1cncn1. The molecule has 2 aromatic rings. The molecule has 0 aliphatic carbocycles. The van der Waals surface area contributed by atoms with E-state index >= 15 is 0 Å². The van der Waals surface area contributed by atoms with Gasteiger partial charge in [-0.1, -0.05) is 6.07 Å². The lowest BCUT2D eigenvalue weighted by Gasteiger charge is -2.09. The molecule has 0 aliphatic heterocycles. The molecule has 0 saturated heterocycles. The summed E-state index contributed by atoms with van der Waals surface area (Å²) in [4.78, 5) is 14.5. The van der Waals surface area contributed by atoms with Crippen LogP contribution in [-0.4, -0.2) is 33.0 Å². The van der Waals surface area contributed by atoms with Gasteiger partial charge < -0.3 is 9.84 Å². The molecule has 0 radical (unpaired) electrons. The first-order chi connectivity index (χ1) is 8.20. The first-order valence-corrected chi connectivity index (χ1v) is 4.94. The van der Waals surface area contributed by atoms with Crippen LogP contribution in [0.1, 0.15) is 5.56 Å². The van der Waals surface area contributed by atoms with Crippen LogP contribution in [0.25, 0.3) is 5.69 Å². The summed E-state index contributed by atoms with van der Waals surface area (Å²) in [5, 5.41) is 12.7. The van der Waals surface area contributed by atoms with E-state index < -0.39 is 5.97 Å². The minimum Gasteiger partial charge on any atom is -0.494 e. The van der Waals surface area contributed by atoms with Crippen molar-refractivity contribution in [2.75, 3.05) is 7.11 Å². The molecule has 0 fully saturated rings. The highest BCUT2D eigenvalue weighted by molar-refractivity contribution is 5.70. The smallest absolute Gasteiger partial charge is 0.307 e. The third-order valence-electron chi connectivity index (χ3n) is 2.26. The van der Waals surface area contributed by atoms with Gasteiger partial charge in [-0.05, 0) is 17.7 Å². The molecule has 0 bridgehead atoms. The van der Waals surface area contributed by atoms with E-state index in [1.807, 2.05) is 0 Å². The predicted molar refractivity (Wildman–Crippen MR) is 59.3 cm³/mol. The highest BCUT2D eigenvalue weighted by atomic mass is 16.5. The van der Waals surface area contributed by atoms with Crippen molar-refractivity contribution in [1.29, 1.82) is 0 Å². The van der Waals surface area contributed by atoms with E-state index in [1.54, 1.807) is 25.3 Å². The summed E-state index contributed by atoms with van der Waals surface area (Å²) >= 11 is 0. The summed E-state index contributed by atoms with van der Waals surface area (Å²) in [6, 6.07) is 5.16. The number of carbonyl (C=O) groups is 1. The van der Waals surface area contributed by atoms with Crippen molar-refractivity contribution in [3.63, 3.8) is 0 Å². The number of carboxylic acid groups (broad SMARTS) is 1. The highest BCUT2D eigenvalue weighted by Gasteiger charge is 2.09. The Hall–Kier alpha value is -2.37. The van der Waals surface area contributed by atoms with Crippen LogP contribution < -0.4 is 4.74 Å². The lowest BCUT2D eigenvalue weighted by atomic mass is 10.1. The molecule has 0 spiro atoms. The summed E-state index contributed by atoms with van der Waals surface area (Å²) in [5.74, 6) is -0.260. The Morgan fingerprint density at radius 2 is 2.35 bits per heavy atom. The maximum atomic E-state index is 10.7. The predicted octanol–water partition coefficient (Wildman–Crippen LogP) is 0.903. The van der Waals surface area contributed by atoms with Crippen LogP contribution in [0.15, 0.2) is 30.9 Å². The number of aromatic nitrogens is 3. The lowest BCUT2D eigenvalue weighted by Crippen LogP contribution is -2.03. The Morgan fingerprint density at radius 1 is 1.53 bits per heavy atom. The van der Waals surface area contributed by atoms with E-state index in [0.717, 1.165) is 0 Å². The Morgan fingerprint density at radius 3 is 2.94 bits per heavy atom. The number of carboxylic acids is 1. The summed E-state index contributed by atoms with van der Waals surface area (Å²) in [5.41, 5.74) is 1.35. The molecular weight excluding hydrogens is 222 g/mol. The number of nitrogens with zero attached hydrogens (tertiary/aromatic N) is 3. The van der Waals surface area contributed by atoms with Gasteiger partial charge in [0, 0.05) is 0 Å². The zero-order chi connectivity index (χ0) is 12.3. The van der Waals surface area contributed by atoms with E-state index in [9.17, 15) is 4.79 Å². The van der Waals surface area contributed by atoms with E-state index in [2.05, 4.69) is 10.1 Å². The molecule has 1 aromatic carbocycles. The average molecular weight is 233 g/mol. The third-order valence-corrected chi connectivity index (χ3v) is 2.26. The molecular formula is C11H11N3O3. The van der Waals surface area contributed by atoms with Gasteiger partial charge in [0.2, 0.25) is 0 Å². The fraction of sp³-hybridized carbons (Fsp3) is 0.182. The average Bonchev–Trinajstić information content (AvgIpc) is 2.81. The number of benzene rings is 1. The van der Waals surface area contributed by atoms with E-state index in [1.165, 1.54) is 17.3 Å². The van der Waals surface area contributed by atoms with Gasteiger partial charge in [0.05, 0.1) is 13.5 Å². The summed E-state index contributed by atoms with van der Waals surface area (Å²) < 4.78 is 6.72. The molecule has 1 heterocycles. The second kappa shape index (κ2) is 4.65. The topological polar surface area (TPSA) is 77.2 Å². The van der Waals surface area contributed by atoms with Gasteiger partial charge in [0.15, 0.2) is 0 Å². The van der Waals surface area contributed by atoms with Crippen LogP contribution in [0.5, 0.6) is 5.75 Å². The molecule has 6 heteroatoms. The van der Waals surface area contributed by atoms with Crippen LogP contribution in [0, 0.1) is 0 Å². The van der Waals surface area contributed by atoms with E-state index in [4.69, 9.17) is 9.84 Å². The molecule has 0 amide bonds. The first kappa shape index (κ1) is 11.1. The molecule has 0 atom stereocenters.